The lowest BCUT2D eigenvalue weighted by atomic mass is 9.96. The third-order valence-electron chi connectivity index (χ3n) is 3.41. The third-order valence-corrected chi connectivity index (χ3v) is 3.68. The Balaban J connectivity index is 2.34. The molecular formula is C12H19ClN2O. The highest BCUT2D eigenvalue weighted by Crippen LogP contribution is 2.44. The van der Waals surface area contributed by atoms with Crippen LogP contribution in [0.15, 0.2) is 6.20 Å². The molecule has 1 aromatic heterocycles. The van der Waals surface area contributed by atoms with Gasteiger partial charge in [-0.05, 0) is 31.6 Å². The number of rotatable bonds is 3. The van der Waals surface area contributed by atoms with Gasteiger partial charge in [-0.25, -0.2) is 0 Å². The average molecular weight is 243 g/mol. The zero-order chi connectivity index (χ0) is 11.8. The van der Waals surface area contributed by atoms with Crippen molar-refractivity contribution >= 4 is 11.6 Å². The normalized spacial score (nSPS) is 29.9. The molecule has 0 saturated heterocycles. The van der Waals surface area contributed by atoms with Crippen molar-refractivity contribution in [2.24, 2.45) is 5.92 Å². The number of nitrogens with zero attached hydrogens (tertiary/aromatic N) is 2. The highest BCUT2D eigenvalue weighted by atomic mass is 35.5. The molecule has 0 aromatic carbocycles. The van der Waals surface area contributed by atoms with E-state index in [2.05, 4.69) is 18.9 Å². The van der Waals surface area contributed by atoms with Gasteiger partial charge in [0.2, 0.25) is 0 Å². The van der Waals surface area contributed by atoms with E-state index >= 15 is 0 Å². The van der Waals surface area contributed by atoms with Crippen LogP contribution in [-0.2, 0) is 12.1 Å². The van der Waals surface area contributed by atoms with Crippen LogP contribution in [0, 0.1) is 5.92 Å². The Morgan fingerprint density at radius 1 is 1.69 bits per heavy atom. The Hall–Kier alpha value is -0.540. The van der Waals surface area contributed by atoms with E-state index in [9.17, 15) is 5.11 Å². The lowest BCUT2D eigenvalue weighted by molar-refractivity contribution is 0.0314. The van der Waals surface area contributed by atoms with Crippen LogP contribution < -0.4 is 0 Å². The maximum absolute atomic E-state index is 10.7. The molecule has 1 aliphatic rings. The summed E-state index contributed by atoms with van der Waals surface area (Å²) in [5.41, 5.74) is 0.0580. The molecule has 4 heteroatoms. The van der Waals surface area contributed by atoms with Crippen molar-refractivity contribution < 1.29 is 5.11 Å². The average Bonchev–Trinajstić information content (AvgIpc) is 2.73. The molecule has 16 heavy (non-hydrogen) atoms. The van der Waals surface area contributed by atoms with Gasteiger partial charge in [0.1, 0.15) is 5.60 Å². The molecule has 2 unspecified atom stereocenters. The van der Waals surface area contributed by atoms with E-state index in [0.717, 1.165) is 37.9 Å². The summed E-state index contributed by atoms with van der Waals surface area (Å²) in [4.78, 5) is 0. The van der Waals surface area contributed by atoms with Gasteiger partial charge in [-0.2, -0.15) is 5.10 Å². The first kappa shape index (κ1) is 11.9. The Morgan fingerprint density at radius 3 is 3.00 bits per heavy atom. The number of aromatic nitrogens is 2. The molecule has 1 aliphatic carbocycles. The molecule has 0 bridgehead atoms. The van der Waals surface area contributed by atoms with E-state index in [-0.39, 0.29) is 0 Å². The van der Waals surface area contributed by atoms with E-state index in [4.69, 9.17) is 11.6 Å². The molecular weight excluding hydrogens is 224 g/mol. The van der Waals surface area contributed by atoms with E-state index in [1.807, 2.05) is 4.68 Å². The molecule has 0 aliphatic heterocycles. The molecule has 1 N–H and O–H groups in total. The minimum Gasteiger partial charge on any atom is -0.384 e. The summed E-state index contributed by atoms with van der Waals surface area (Å²) in [7, 11) is 0. The minimum atomic E-state index is -0.762. The van der Waals surface area contributed by atoms with Crippen molar-refractivity contribution in [3.05, 3.63) is 16.9 Å². The maximum Gasteiger partial charge on any atom is 0.108 e. The predicted octanol–water partition coefficient (Wildman–Crippen LogP) is 2.95. The highest BCUT2D eigenvalue weighted by Gasteiger charge is 2.41. The van der Waals surface area contributed by atoms with Crippen molar-refractivity contribution in [1.82, 2.24) is 9.78 Å². The van der Waals surface area contributed by atoms with E-state index in [0.29, 0.717) is 10.9 Å². The zero-order valence-electron chi connectivity index (χ0n) is 9.91. The smallest absolute Gasteiger partial charge is 0.108 e. The van der Waals surface area contributed by atoms with Gasteiger partial charge < -0.3 is 5.11 Å². The SMILES string of the molecule is CCCn1ncc(Cl)c1C1(O)CCC(C)C1. The second-order valence-corrected chi connectivity index (χ2v) is 5.35. The van der Waals surface area contributed by atoms with Gasteiger partial charge in [-0.1, -0.05) is 25.4 Å². The van der Waals surface area contributed by atoms with Gasteiger partial charge in [0, 0.05) is 6.54 Å². The monoisotopic (exact) mass is 242 g/mol. The number of aryl methyl sites for hydroxylation is 1. The Labute approximate surface area is 101 Å². The first-order valence-electron chi connectivity index (χ1n) is 6.01. The summed E-state index contributed by atoms with van der Waals surface area (Å²) in [6.07, 6.45) is 5.29. The van der Waals surface area contributed by atoms with Crippen LogP contribution in [0.3, 0.4) is 0 Å². The standard InChI is InChI=1S/C12H19ClN2O/c1-3-6-15-11(10(13)8-14-15)12(16)5-4-9(2)7-12/h8-9,16H,3-7H2,1-2H3. The van der Waals surface area contributed by atoms with Crippen molar-refractivity contribution in [3.8, 4) is 0 Å². The lowest BCUT2D eigenvalue weighted by Crippen LogP contribution is -2.26. The molecule has 0 spiro atoms. The molecule has 3 nitrogen and oxygen atoms in total. The second kappa shape index (κ2) is 4.38. The number of aliphatic hydroxyl groups is 1. The Morgan fingerprint density at radius 2 is 2.44 bits per heavy atom. The van der Waals surface area contributed by atoms with Crippen molar-refractivity contribution in [2.45, 2.75) is 51.7 Å². The fourth-order valence-electron chi connectivity index (χ4n) is 2.69. The van der Waals surface area contributed by atoms with Gasteiger partial charge in [-0.15, -0.1) is 0 Å². The number of halogens is 1. The van der Waals surface area contributed by atoms with E-state index in [1.165, 1.54) is 0 Å². The Bertz CT molecular complexity index is 377. The van der Waals surface area contributed by atoms with Gasteiger partial charge in [0.15, 0.2) is 0 Å². The first-order valence-corrected chi connectivity index (χ1v) is 6.39. The molecule has 2 rings (SSSR count). The molecule has 1 aromatic rings. The first-order chi connectivity index (χ1) is 7.57. The lowest BCUT2D eigenvalue weighted by Gasteiger charge is -2.24. The summed E-state index contributed by atoms with van der Waals surface area (Å²) >= 11 is 6.15. The van der Waals surface area contributed by atoms with Crippen LogP contribution in [0.5, 0.6) is 0 Å². The van der Waals surface area contributed by atoms with Gasteiger partial charge >= 0.3 is 0 Å². The molecule has 90 valence electrons. The third kappa shape index (κ3) is 1.98. The van der Waals surface area contributed by atoms with Crippen molar-refractivity contribution in [3.63, 3.8) is 0 Å². The molecule has 1 saturated carbocycles. The van der Waals surface area contributed by atoms with Crippen molar-refractivity contribution in [1.29, 1.82) is 0 Å². The topological polar surface area (TPSA) is 38.0 Å². The van der Waals surface area contributed by atoms with Crippen LogP contribution >= 0.6 is 11.6 Å². The van der Waals surface area contributed by atoms with Crippen molar-refractivity contribution in [2.75, 3.05) is 0 Å². The number of hydrogen-bond donors (Lipinski definition) is 1. The molecule has 2 atom stereocenters. The summed E-state index contributed by atoms with van der Waals surface area (Å²) in [5.74, 6) is 0.561. The number of hydrogen-bond acceptors (Lipinski definition) is 2. The van der Waals surface area contributed by atoms with E-state index < -0.39 is 5.60 Å². The fourth-order valence-corrected chi connectivity index (χ4v) is 3.00. The van der Waals surface area contributed by atoms with Crippen LogP contribution in [0.25, 0.3) is 0 Å². The van der Waals surface area contributed by atoms with Crippen LogP contribution in [0.2, 0.25) is 5.02 Å². The summed E-state index contributed by atoms with van der Waals surface area (Å²) in [5, 5.41) is 15.5. The molecule has 1 heterocycles. The zero-order valence-corrected chi connectivity index (χ0v) is 10.7. The molecule has 1 fully saturated rings. The quantitative estimate of drug-likeness (QED) is 0.885. The fraction of sp³-hybridized carbons (Fsp3) is 0.750. The maximum atomic E-state index is 10.7. The molecule has 0 amide bonds. The van der Waals surface area contributed by atoms with Crippen LogP contribution in [0.1, 0.15) is 45.2 Å². The largest absolute Gasteiger partial charge is 0.384 e. The summed E-state index contributed by atoms with van der Waals surface area (Å²) < 4.78 is 1.86. The highest BCUT2D eigenvalue weighted by molar-refractivity contribution is 6.31. The molecule has 0 radical (unpaired) electrons. The Kier molecular flexibility index (Phi) is 3.27. The second-order valence-electron chi connectivity index (χ2n) is 4.94. The van der Waals surface area contributed by atoms with Gasteiger partial charge in [0.25, 0.3) is 0 Å². The summed E-state index contributed by atoms with van der Waals surface area (Å²) in [6.45, 7) is 5.09. The minimum absolute atomic E-state index is 0.561. The predicted molar refractivity (Wildman–Crippen MR) is 64.4 cm³/mol. The van der Waals surface area contributed by atoms with Gasteiger partial charge in [0.05, 0.1) is 16.9 Å². The van der Waals surface area contributed by atoms with Crippen LogP contribution in [0.4, 0.5) is 0 Å². The van der Waals surface area contributed by atoms with E-state index in [1.54, 1.807) is 6.20 Å². The van der Waals surface area contributed by atoms with Crippen LogP contribution in [-0.4, -0.2) is 14.9 Å². The summed E-state index contributed by atoms with van der Waals surface area (Å²) in [6, 6.07) is 0. The van der Waals surface area contributed by atoms with Gasteiger partial charge in [-0.3, -0.25) is 4.68 Å².